The van der Waals surface area contributed by atoms with E-state index in [4.69, 9.17) is 0 Å². The molecule has 106 valence electrons. The molecule has 0 unspecified atom stereocenters. The minimum Gasteiger partial charge on any atom is -0.370 e. The first-order valence-corrected chi connectivity index (χ1v) is 7.06. The van der Waals surface area contributed by atoms with E-state index in [1.165, 1.54) is 25.7 Å². The van der Waals surface area contributed by atoms with Crippen molar-refractivity contribution in [2.75, 3.05) is 26.0 Å². The normalized spacial score (nSPS) is 23.1. The smallest absolute Gasteiger partial charge is 0.258 e. The second-order valence-electron chi connectivity index (χ2n) is 5.87. The first-order chi connectivity index (χ1) is 9.08. The molecular weight excluding hydrogens is 240 g/mol. The Morgan fingerprint density at radius 3 is 2.74 bits per heavy atom. The lowest BCUT2D eigenvalue weighted by atomic mass is 9.83. The lowest BCUT2D eigenvalue weighted by Crippen LogP contribution is -2.24. The number of nitrogens with one attached hydrogen (secondary N) is 2. The maximum atomic E-state index is 11.9. The molecule has 1 aromatic rings. The molecule has 0 aromatic carbocycles. The predicted molar refractivity (Wildman–Crippen MR) is 76.2 cm³/mol. The van der Waals surface area contributed by atoms with Gasteiger partial charge in [0.05, 0.1) is 6.20 Å². The van der Waals surface area contributed by atoms with Gasteiger partial charge in [-0.3, -0.25) is 9.89 Å². The summed E-state index contributed by atoms with van der Waals surface area (Å²) in [6.45, 7) is 3.25. The highest BCUT2D eigenvalue weighted by Crippen LogP contribution is 2.28. The highest BCUT2D eigenvalue weighted by Gasteiger charge is 2.20. The summed E-state index contributed by atoms with van der Waals surface area (Å²) in [4.78, 5) is 13.5. The molecule has 0 bridgehead atoms. The standard InChI is InChI=1S/C14H24N4O/c1-10-4-6-11(7-5-10)8-15-13-12(9-16-17-13)14(19)18(2)3/h9-11H,4-8H2,1-3H3,(H2,15,16,17). The molecule has 5 heteroatoms. The first kappa shape index (κ1) is 13.9. The Balaban J connectivity index is 1.90. The van der Waals surface area contributed by atoms with Crippen LogP contribution >= 0.6 is 0 Å². The third-order valence-electron chi connectivity index (χ3n) is 3.98. The van der Waals surface area contributed by atoms with Crippen molar-refractivity contribution in [2.24, 2.45) is 11.8 Å². The fourth-order valence-electron chi connectivity index (χ4n) is 2.60. The zero-order valence-electron chi connectivity index (χ0n) is 12.1. The van der Waals surface area contributed by atoms with E-state index in [1.54, 1.807) is 25.2 Å². The van der Waals surface area contributed by atoms with Crippen LogP contribution in [0.15, 0.2) is 6.20 Å². The zero-order valence-corrected chi connectivity index (χ0v) is 12.1. The Hall–Kier alpha value is -1.52. The third kappa shape index (κ3) is 3.49. The van der Waals surface area contributed by atoms with Crippen LogP contribution in [-0.2, 0) is 0 Å². The second kappa shape index (κ2) is 6.08. The number of hydrogen-bond donors (Lipinski definition) is 2. The SMILES string of the molecule is CC1CCC(CNc2[nH]ncc2C(=O)N(C)C)CC1. The van der Waals surface area contributed by atoms with Crippen LogP contribution < -0.4 is 5.32 Å². The molecule has 2 N–H and O–H groups in total. The van der Waals surface area contributed by atoms with Crippen LogP contribution in [0, 0.1) is 11.8 Å². The molecule has 5 nitrogen and oxygen atoms in total. The Bertz CT molecular complexity index is 419. The van der Waals surface area contributed by atoms with Gasteiger partial charge < -0.3 is 10.2 Å². The van der Waals surface area contributed by atoms with Crippen molar-refractivity contribution in [3.8, 4) is 0 Å². The highest BCUT2D eigenvalue weighted by molar-refractivity contribution is 5.98. The highest BCUT2D eigenvalue weighted by atomic mass is 16.2. The van der Waals surface area contributed by atoms with Gasteiger partial charge in [0.15, 0.2) is 0 Å². The van der Waals surface area contributed by atoms with Crippen LogP contribution in [-0.4, -0.2) is 41.6 Å². The molecule has 0 atom stereocenters. The van der Waals surface area contributed by atoms with E-state index in [1.807, 2.05) is 0 Å². The number of aromatic nitrogens is 2. The summed E-state index contributed by atoms with van der Waals surface area (Å²) in [6.07, 6.45) is 6.78. The molecule has 1 saturated carbocycles. The molecule has 1 heterocycles. The van der Waals surface area contributed by atoms with E-state index in [-0.39, 0.29) is 5.91 Å². The zero-order chi connectivity index (χ0) is 13.8. The summed E-state index contributed by atoms with van der Waals surface area (Å²) in [5.74, 6) is 2.31. The topological polar surface area (TPSA) is 61.0 Å². The van der Waals surface area contributed by atoms with E-state index < -0.39 is 0 Å². The van der Waals surface area contributed by atoms with E-state index in [2.05, 4.69) is 22.4 Å². The van der Waals surface area contributed by atoms with E-state index in [0.29, 0.717) is 11.5 Å². The number of anilines is 1. The summed E-state index contributed by atoms with van der Waals surface area (Å²) < 4.78 is 0. The quantitative estimate of drug-likeness (QED) is 0.877. The minimum absolute atomic E-state index is 0.0199. The maximum absolute atomic E-state index is 11.9. The third-order valence-corrected chi connectivity index (χ3v) is 3.98. The molecule has 0 saturated heterocycles. The van der Waals surface area contributed by atoms with E-state index in [9.17, 15) is 4.79 Å². The Morgan fingerprint density at radius 2 is 2.11 bits per heavy atom. The molecule has 0 aliphatic heterocycles. The van der Waals surface area contributed by atoms with Gasteiger partial charge in [-0.05, 0) is 24.7 Å². The Morgan fingerprint density at radius 1 is 1.42 bits per heavy atom. The monoisotopic (exact) mass is 264 g/mol. The average Bonchev–Trinajstić information content (AvgIpc) is 2.85. The second-order valence-corrected chi connectivity index (χ2v) is 5.87. The number of rotatable bonds is 4. The molecule has 19 heavy (non-hydrogen) atoms. The number of carbonyl (C=O) groups is 1. The van der Waals surface area contributed by atoms with Gasteiger partial charge in [0.25, 0.3) is 5.91 Å². The van der Waals surface area contributed by atoms with Crippen LogP contribution in [0.2, 0.25) is 0 Å². The summed E-state index contributed by atoms with van der Waals surface area (Å²) in [6, 6.07) is 0. The van der Waals surface area contributed by atoms with Gasteiger partial charge in [0, 0.05) is 20.6 Å². The molecular formula is C14H24N4O. The predicted octanol–water partition coefficient (Wildman–Crippen LogP) is 2.35. The van der Waals surface area contributed by atoms with Crippen LogP contribution in [0.1, 0.15) is 43.0 Å². The molecule has 0 spiro atoms. The molecule has 2 rings (SSSR count). The molecule has 1 aliphatic carbocycles. The number of carbonyl (C=O) groups excluding carboxylic acids is 1. The van der Waals surface area contributed by atoms with Gasteiger partial charge in [-0.15, -0.1) is 0 Å². The number of amides is 1. The molecule has 1 aromatic heterocycles. The van der Waals surface area contributed by atoms with Crippen LogP contribution in [0.25, 0.3) is 0 Å². The summed E-state index contributed by atoms with van der Waals surface area (Å²) >= 11 is 0. The largest absolute Gasteiger partial charge is 0.370 e. The fourth-order valence-corrected chi connectivity index (χ4v) is 2.60. The number of aromatic amines is 1. The fraction of sp³-hybridized carbons (Fsp3) is 0.714. The molecule has 1 aliphatic rings. The van der Waals surface area contributed by atoms with Crippen molar-refractivity contribution in [1.82, 2.24) is 15.1 Å². The number of hydrogen-bond acceptors (Lipinski definition) is 3. The maximum Gasteiger partial charge on any atom is 0.258 e. The van der Waals surface area contributed by atoms with Gasteiger partial charge in [0.2, 0.25) is 0 Å². The van der Waals surface area contributed by atoms with Gasteiger partial charge in [-0.1, -0.05) is 19.8 Å². The molecule has 0 radical (unpaired) electrons. The number of H-pyrrole nitrogens is 1. The lowest BCUT2D eigenvalue weighted by Gasteiger charge is -2.26. The van der Waals surface area contributed by atoms with E-state index in [0.717, 1.165) is 18.3 Å². The average molecular weight is 264 g/mol. The van der Waals surface area contributed by atoms with Gasteiger partial charge >= 0.3 is 0 Å². The van der Waals surface area contributed by atoms with E-state index >= 15 is 0 Å². The van der Waals surface area contributed by atoms with Gasteiger partial charge in [-0.2, -0.15) is 5.10 Å². The lowest BCUT2D eigenvalue weighted by molar-refractivity contribution is 0.0828. The van der Waals surface area contributed by atoms with Crippen molar-refractivity contribution in [1.29, 1.82) is 0 Å². The van der Waals surface area contributed by atoms with Crippen LogP contribution in [0.4, 0.5) is 5.82 Å². The number of nitrogens with zero attached hydrogens (tertiary/aromatic N) is 2. The summed E-state index contributed by atoms with van der Waals surface area (Å²) in [5.41, 5.74) is 0.620. The van der Waals surface area contributed by atoms with Crippen molar-refractivity contribution < 1.29 is 4.79 Å². The Labute approximate surface area is 114 Å². The Kier molecular flexibility index (Phi) is 4.45. The van der Waals surface area contributed by atoms with Crippen molar-refractivity contribution in [2.45, 2.75) is 32.6 Å². The summed E-state index contributed by atoms with van der Waals surface area (Å²) in [5, 5.41) is 10.2. The van der Waals surface area contributed by atoms with Crippen LogP contribution in [0.3, 0.4) is 0 Å². The van der Waals surface area contributed by atoms with Crippen molar-refractivity contribution >= 4 is 11.7 Å². The van der Waals surface area contributed by atoms with Gasteiger partial charge in [-0.25, -0.2) is 0 Å². The van der Waals surface area contributed by atoms with Crippen molar-refractivity contribution in [3.05, 3.63) is 11.8 Å². The van der Waals surface area contributed by atoms with Crippen LogP contribution in [0.5, 0.6) is 0 Å². The summed E-state index contributed by atoms with van der Waals surface area (Å²) in [7, 11) is 3.50. The first-order valence-electron chi connectivity index (χ1n) is 7.06. The minimum atomic E-state index is -0.0199. The molecule has 1 amide bonds. The molecule has 1 fully saturated rings. The van der Waals surface area contributed by atoms with Crippen molar-refractivity contribution in [3.63, 3.8) is 0 Å². The van der Waals surface area contributed by atoms with Gasteiger partial charge in [0.1, 0.15) is 11.4 Å².